The Hall–Kier alpha value is -1.92. The van der Waals surface area contributed by atoms with Crippen molar-refractivity contribution in [2.45, 2.75) is 44.4 Å². The van der Waals surface area contributed by atoms with Crippen molar-refractivity contribution in [2.75, 3.05) is 26.2 Å². The zero-order chi connectivity index (χ0) is 20.8. The lowest BCUT2D eigenvalue weighted by molar-refractivity contribution is -0.137. The first kappa shape index (κ1) is 20.4. The maximum Gasteiger partial charge on any atom is 0.416 e. The summed E-state index contributed by atoms with van der Waals surface area (Å²) in [6.45, 7) is 7.86. The van der Waals surface area contributed by atoms with Crippen LogP contribution in [0, 0.1) is 5.82 Å². The third-order valence-corrected chi connectivity index (χ3v) is 6.40. The number of rotatable bonds is 3. The molecule has 0 amide bonds. The largest absolute Gasteiger partial charge is 0.416 e. The lowest BCUT2D eigenvalue weighted by Crippen LogP contribution is -2.49. The van der Waals surface area contributed by atoms with Crippen molar-refractivity contribution in [3.63, 3.8) is 0 Å². The van der Waals surface area contributed by atoms with Gasteiger partial charge in [0.1, 0.15) is 5.82 Å². The van der Waals surface area contributed by atoms with Gasteiger partial charge < -0.3 is 0 Å². The van der Waals surface area contributed by atoms with E-state index in [1.165, 1.54) is 24.3 Å². The van der Waals surface area contributed by atoms with Gasteiger partial charge in [0.15, 0.2) is 0 Å². The van der Waals surface area contributed by atoms with Gasteiger partial charge in [-0.05, 0) is 61.2 Å². The molecule has 0 unspecified atom stereocenters. The first-order valence-corrected chi connectivity index (χ1v) is 10.2. The van der Waals surface area contributed by atoms with Crippen LogP contribution >= 0.6 is 0 Å². The van der Waals surface area contributed by atoms with Gasteiger partial charge in [-0.3, -0.25) is 9.80 Å². The molecule has 0 saturated carbocycles. The van der Waals surface area contributed by atoms with Crippen LogP contribution in [0.5, 0.6) is 0 Å². The van der Waals surface area contributed by atoms with E-state index in [0.29, 0.717) is 6.04 Å². The number of fused-ring (bicyclic) bond motifs is 1. The number of piperazine rings is 1. The van der Waals surface area contributed by atoms with Crippen LogP contribution in [0.2, 0.25) is 0 Å². The number of hydrogen-bond donors (Lipinski definition) is 0. The summed E-state index contributed by atoms with van der Waals surface area (Å²) in [6, 6.07) is 10.9. The molecule has 1 fully saturated rings. The minimum Gasteiger partial charge on any atom is -0.298 e. The molecule has 2 aromatic rings. The molecule has 2 aromatic carbocycles. The minimum absolute atomic E-state index is 0.0130. The number of nitrogens with zero attached hydrogens (tertiary/aromatic N) is 2. The van der Waals surface area contributed by atoms with Gasteiger partial charge in [-0.2, -0.15) is 13.2 Å². The Balaban J connectivity index is 1.67. The number of hydrogen-bond acceptors (Lipinski definition) is 2. The Labute approximate surface area is 169 Å². The first-order valence-electron chi connectivity index (χ1n) is 10.2. The first-order chi connectivity index (χ1) is 13.7. The van der Waals surface area contributed by atoms with Crippen LogP contribution in [0.3, 0.4) is 0 Å². The summed E-state index contributed by atoms with van der Waals surface area (Å²) < 4.78 is 53.5. The molecule has 156 valence electrons. The molecule has 1 saturated heterocycles. The van der Waals surface area contributed by atoms with Crippen molar-refractivity contribution in [2.24, 2.45) is 0 Å². The lowest BCUT2D eigenvalue weighted by atomic mass is 9.92. The van der Waals surface area contributed by atoms with Gasteiger partial charge >= 0.3 is 6.18 Å². The van der Waals surface area contributed by atoms with Gasteiger partial charge in [0, 0.05) is 44.2 Å². The van der Waals surface area contributed by atoms with E-state index in [0.717, 1.165) is 49.3 Å². The van der Waals surface area contributed by atoms with Crippen LogP contribution < -0.4 is 0 Å². The molecule has 2 atom stereocenters. The van der Waals surface area contributed by atoms with Crippen LogP contribution in [-0.2, 0) is 6.18 Å². The quantitative estimate of drug-likeness (QED) is 0.626. The van der Waals surface area contributed by atoms with E-state index < -0.39 is 11.7 Å². The average Bonchev–Trinajstić information content (AvgIpc) is 3.07. The fourth-order valence-corrected chi connectivity index (χ4v) is 4.76. The summed E-state index contributed by atoms with van der Waals surface area (Å²) in [5, 5.41) is 0. The molecular formula is C23H26F4N2. The molecule has 2 aliphatic rings. The van der Waals surface area contributed by atoms with E-state index >= 15 is 0 Å². The molecule has 1 aliphatic heterocycles. The predicted molar refractivity (Wildman–Crippen MR) is 105 cm³/mol. The molecule has 2 nitrogen and oxygen atoms in total. The minimum atomic E-state index is -4.36. The third-order valence-electron chi connectivity index (χ3n) is 6.40. The molecule has 29 heavy (non-hydrogen) atoms. The summed E-state index contributed by atoms with van der Waals surface area (Å²) in [7, 11) is 0. The van der Waals surface area contributed by atoms with Crippen molar-refractivity contribution < 1.29 is 17.6 Å². The fourth-order valence-electron chi connectivity index (χ4n) is 4.76. The molecule has 4 rings (SSSR count). The number of halogens is 4. The fraction of sp³-hybridized carbons (Fsp3) is 0.478. The molecule has 0 bridgehead atoms. The highest BCUT2D eigenvalue weighted by Gasteiger charge is 2.39. The van der Waals surface area contributed by atoms with E-state index in [-0.39, 0.29) is 17.8 Å². The number of benzene rings is 2. The maximum atomic E-state index is 13.4. The van der Waals surface area contributed by atoms with Crippen LogP contribution in [-0.4, -0.2) is 42.0 Å². The van der Waals surface area contributed by atoms with Crippen molar-refractivity contribution in [3.05, 3.63) is 70.5 Å². The standard InChI is InChI=1S/C23H26F4N2/c1-15(2)28-9-11-29(12-10-28)22-14-20(16-3-6-18(24)7-4-16)19-8-5-17(13-21(19)22)23(25,26)27/h3-8,13,15,20,22H,9-12,14H2,1-2H3/t20-,22+/m1/s1. The van der Waals surface area contributed by atoms with Gasteiger partial charge in [-0.15, -0.1) is 0 Å². The Bertz CT molecular complexity index is 852. The highest BCUT2D eigenvalue weighted by atomic mass is 19.4. The SMILES string of the molecule is CC(C)N1CCN([C@H]2C[C@H](c3ccc(F)cc3)c3ccc(C(F)(F)F)cc32)CC1. The van der Waals surface area contributed by atoms with Crippen molar-refractivity contribution in [3.8, 4) is 0 Å². The Kier molecular flexibility index (Phi) is 5.42. The van der Waals surface area contributed by atoms with Crippen LogP contribution in [0.25, 0.3) is 0 Å². The zero-order valence-electron chi connectivity index (χ0n) is 16.7. The van der Waals surface area contributed by atoms with E-state index in [1.54, 1.807) is 18.2 Å². The van der Waals surface area contributed by atoms with Crippen LogP contribution in [0.1, 0.15) is 54.5 Å². The molecule has 6 heteroatoms. The summed E-state index contributed by atoms with van der Waals surface area (Å²) in [5.41, 5.74) is 2.06. The van der Waals surface area contributed by atoms with Gasteiger partial charge in [0.05, 0.1) is 5.56 Å². The molecule has 0 N–H and O–H groups in total. The van der Waals surface area contributed by atoms with Gasteiger partial charge in [-0.1, -0.05) is 18.2 Å². The van der Waals surface area contributed by atoms with Gasteiger partial charge in [0.2, 0.25) is 0 Å². The predicted octanol–water partition coefficient (Wildman–Crippen LogP) is 5.45. The molecule has 0 spiro atoms. The Morgan fingerprint density at radius 1 is 0.897 bits per heavy atom. The van der Waals surface area contributed by atoms with E-state index in [4.69, 9.17) is 0 Å². The van der Waals surface area contributed by atoms with Gasteiger partial charge in [-0.25, -0.2) is 4.39 Å². The summed E-state index contributed by atoms with van der Waals surface area (Å²) in [5.74, 6) is -0.318. The molecule has 0 radical (unpaired) electrons. The molecular weight excluding hydrogens is 380 g/mol. The molecule has 1 heterocycles. The molecule has 1 aliphatic carbocycles. The highest BCUT2D eigenvalue weighted by Crippen LogP contribution is 2.48. The normalized spacial score (nSPS) is 23.6. The topological polar surface area (TPSA) is 6.48 Å². The highest BCUT2D eigenvalue weighted by molar-refractivity contribution is 5.47. The van der Waals surface area contributed by atoms with E-state index in [2.05, 4.69) is 23.6 Å². The van der Waals surface area contributed by atoms with E-state index in [1.807, 2.05) is 0 Å². The summed E-state index contributed by atoms with van der Waals surface area (Å²) in [4.78, 5) is 4.72. The second-order valence-electron chi connectivity index (χ2n) is 8.36. The lowest BCUT2D eigenvalue weighted by Gasteiger charge is -2.40. The van der Waals surface area contributed by atoms with Crippen molar-refractivity contribution in [1.82, 2.24) is 9.80 Å². The van der Waals surface area contributed by atoms with Crippen molar-refractivity contribution >= 4 is 0 Å². The van der Waals surface area contributed by atoms with Crippen LogP contribution in [0.15, 0.2) is 42.5 Å². The zero-order valence-corrected chi connectivity index (χ0v) is 16.7. The monoisotopic (exact) mass is 406 g/mol. The third kappa shape index (κ3) is 4.05. The second kappa shape index (κ2) is 7.73. The Morgan fingerprint density at radius 3 is 2.14 bits per heavy atom. The summed E-state index contributed by atoms with van der Waals surface area (Å²) >= 11 is 0. The summed E-state index contributed by atoms with van der Waals surface area (Å²) in [6.07, 6.45) is -3.63. The maximum absolute atomic E-state index is 13.4. The number of alkyl halides is 3. The Morgan fingerprint density at radius 2 is 1.55 bits per heavy atom. The molecule has 0 aromatic heterocycles. The average molecular weight is 406 g/mol. The smallest absolute Gasteiger partial charge is 0.298 e. The van der Waals surface area contributed by atoms with Gasteiger partial charge in [0.25, 0.3) is 0 Å². The second-order valence-corrected chi connectivity index (χ2v) is 8.36. The van der Waals surface area contributed by atoms with Crippen molar-refractivity contribution in [1.29, 1.82) is 0 Å². The van der Waals surface area contributed by atoms with E-state index in [9.17, 15) is 17.6 Å². The van der Waals surface area contributed by atoms with Crippen LogP contribution in [0.4, 0.5) is 17.6 Å².